The zero-order valence-electron chi connectivity index (χ0n) is 9.32. The van der Waals surface area contributed by atoms with Crippen LogP contribution in [-0.4, -0.2) is 22.8 Å². The summed E-state index contributed by atoms with van der Waals surface area (Å²) in [7, 11) is 0. The van der Waals surface area contributed by atoms with Gasteiger partial charge in [-0.1, -0.05) is 40.2 Å². The maximum atomic E-state index is 12.6. The fourth-order valence-electron chi connectivity index (χ4n) is 1.51. The normalized spacial score (nSPS) is 13.7. The third-order valence-corrected chi connectivity index (χ3v) is 2.97. The molecule has 0 amide bonds. The zero-order chi connectivity index (χ0) is 14.9. The Labute approximate surface area is 113 Å². The minimum Gasteiger partial charge on any atom is -0.369 e. The van der Waals surface area contributed by atoms with Gasteiger partial charge in [0.1, 0.15) is 0 Å². The van der Waals surface area contributed by atoms with Crippen LogP contribution in [0.25, 0.3) is 0 Å². The van der Waals surface area contributed by atoms with E-state index in [4.69, 9.17) is 5.11 Å². The van der Waals surface area contributed by atoms with Crippen molar-refractivity contribution in [2.45, 2.75) is 24.4 Å². The van der Waals surface area contributed by atoms with Gasteiger partial charge in [0.05, 0.1) is 0 Å². The molecule has 0 fully saturated rings. The number of alkyl halides is 7. The third kappa shape index (κ3) is 3.05. The van der Waals surface area contributed by atoms with E-state index in [-0.39, 0.29) is 0 Å². The smallest absolute Gasteiger partial charge is 0.369 e. The van der Waals surface area contributed by atoms with E-state index in [1.54, 1.807) is 0 Å². The number of benzene rings is 1. The van der Waals surface area contributed by atoms with Gasteiger partial charge in [0.15, 0.2) is 0 Å². The number of halogens is 7. The summed E-state index contributed by atoms with van der Waals surface area (Å²) in [6.45, 7) is 0. The van der Waals surface area contributed by atoms with Crippen molar-refractivity contribution in [2.75, 3.05) is 5.33 Å². The molecule has 0 saturated carbocycles. The fraction of sp³-hybridized carbons (Fsp3) is 0.455. The molecule has 0 saturated heterocycles. The number of rotatable bonds is 3. The molecule has 0 bridgehead atoms. The molecule has 0 heterocycles. The SMILES string of the molecule is OC(c1ccc(CCBr)cc1)(C(F)(F)F)C(F)(F)F. The van der Waals surface area contributed by atoms with Crippen molar-refractivity contribution in [3.63, 3.8) is 0 Å². The highest BCUT2D eigenvalue weighted by molar-refractivity contribution is 9.09. The molecule has 0 spiro atoms. The molecule has 0 aliphatic rings. The first-order valence-corrected chi connectivity index (χ1v) is 6.17. The Morgan fingerprint density at radius 3 is 1.63 bits per heavy atom. The molecule has 0 aliphatic heterocycles. The second-order valence-electron chi connectivity index (χ2n) is 3.84. The fourth-order valence-corrected chi connectivity index (χ4v) is 1.97. The van der Waals surface area contributed by atoms with Crippen LogP contribution in [-0.2, 0) is 12.0 Å². The molecule has 0 unspecified atom stereocenters. The molecule has 108 valence electrons. The predicted molar refractivity (Wildman–Crippen MR) is 59.9 cm³/mol. The van der Waals surface area contributed by atoms with Crippen LogP contribution < -0.4 is 0 Å². The van der Waals surface area contributed by atoms with Crippen molar-refractivity contribution in [1.82, 2.24) is 0 Å². The summed E-state index contributed by atoms with van der Waals surface area (Å²) in [5.74, 6) is 0. The van der Waals surface area contributed by atoms with Crippen molar-refractivity contribution in [3.8, 4) is 0 Å². The van der Waals surface area contributed by atoms with Crippen molar-refractivity contribution < 1.29 is 31.4 Å². The molecule has 1 rings (SSSR count). The first-order chi connectivity index (χ1) is 8.54. The molecule has 0 atom stereocenters. The molecule has 1 aromatic rings. The summed E-state index contributed by atoms with van der Waals surface area (Å²) in [5.41, 5.74) is -5.54. The average molecular weight is 351 g/mol. The molecule has 1 N–H and O–H groups in total. The lowest BCUT2D eigenvalue weighted by atomic mass is 9.91. The van der Waals surface area contributed by atoms with Gasteiger partial charge in [-0.15, -0.1) is 0 Å². The van der Waals surface area contributed by atoms with Crippen LogP contribution >= 0.6 is 15.9 Å². The van der Waals surface area contributed by atoms with E-state index in [9.17, 15) is 26.3 Å². The van der Waals surface area contributed by atoms with Crippen molar-refractivity contribution in [2.24, 2.45) is 0 Å². The Bertz CT molecular complexity index is 408. The number of aryl methyl sites for hydroxylation is 1. The molecule has 0 radical (unpaired) electrons. The van der Waals surface area contributed by atoms with Crippen LogP contribution in [0.3, 0.4) is 0 Å². The highest BCUT2D eigenvalue weighted by atomic mass is 79.9. The van der Waals surface area contributed by atoms with Crippen LogP contribution in [0.4, 0.5) is 26.3 Å². The highest BCUT2D eigenvalue weighted by Gasteiger charge is 2.71. The summed E-state index contributed by atoms with van der Waals surface area (Å²) in [4.78, 5) is 0. The Morgan fingerprint density at radius 2 is 1.32 bits per heavy atom. The molecular formula is C11H9BrF6O. The van der Waals surface area contributed by atoms with Crippen LogP contribution in [0.2, 0.25) is 0 Å². The van der Waals surface area contributed by atoms with E-state index in [2.05, 4.69) is 15.9 Å². The van der Waals surface area contributed by atoms with Crippen LogP contribution in [0, 0.1) is 0 Å². The summed E-state index contributed by atoms with van der Waals surface area (Å²) in [6.07, 6.45) is -11.2. The van der Waals surface area contributed by atoms with Gasteiger partial charge in [0, 0.05) is 10.9 Å². The molecule has 8 heteroatoms. The number of hydrogen-bond donors (Lipinski definition) is 1. The van der Waals surface area contributed by atoms with Crippen molar-refractivity contribution in [1.29, 1.82) is 0 Å². The second kappa shape index (κ2) is 5.32. The largest absolute Gasteiger partial charge is 0.430 e. The monoisotopic (exact) mass is 350 g/mol. The van der Waals surface area contributed by atoms with Crippen LogP contribution in [0.15, 0.2) is 24.3 Å². The third-order valence-electron chi connectivity index (χ3n) is 2.58. The van der Waals surface area contributed by atoms with E-state index in [1.165, 1.54) is 0 Å². The van der Waals surface area contributed by atoms with Gasteiger partial charge in [-0.05, 0) is 12.0 Å². The highest BCUT2D eigenvalue weighted by Crippen LogP contribution is 2.49. The van der Waals surface area contributed by atoms with Gasteiger partial charge in [0.2, 0.25) is 0 Å². The van der Waals surface area contributed by atoms with Crippen molar-refractivity contribution >= 4 is 15.9 Å². The maximum absolute atomic E-state index is 12.6. The Kier molecular flexibility index (Phi) is 4.56. The second-order valence-corrected chi connectivity index (χ2v) is 4.63. The van der Waals surface area contributed by atoms with Gasteiger partial charge >= 0.3 is 12.4 Å². The first-order valence-electron chi connectivity index (χ1n) is 5.05. The van der Waals surface area contributed by atoms with E-state index >= 15 is 0 Å². The number of hydrogen-bond acceptors (Lipinski definition) is 1. The van der Waals surface area contributed by atoms with Crippen LogP contribution in [0.1, 0.15) is 11.1 Å². The average Bonchev–Trinajstić information content (AvgIpc) is 2.26. The molecule has 0 aromatic heterocycles. The van der Waals surface area contributed by atoms with Gasteiger partial charge in [-0.3, -0.25) is 0 Å². The summed E-state index contributed by atoms with van der Waals surface area (Å²) in [5, 5.41) is 9.64. The lowest BCUT2D eigenvalue weighted by Gasteiger charge is -2.32. The van der Waals surface area contributed by atoms with Gasteiger partial charge < -0.3 is 5.11 Å². The molecular weight excluding hydrogens is 342 g/mol. The predicted octanol–water partition coefficient (Wildman–Crippen LogP) is 3.94. The van der Waals surface area contributed by atoms with Crippen LogP contribution in [0.5, 0.6) is 0 Å². The Morgan fingerprint density at radius 1 is 0.895 bits per heavy atom. The standard InChI is InChI=1S/C11H9BrF6O/c12-6-5-7-1-3-8(4-2-7)9(19,10(13,14)15)11(16,17)18/h1-4,19H,5-6H2. The lowest BCUT2D eigenvalue weighted by molar-refractivity contribution is -0.376. The van der Waals surface area contributed by atoms with Crippen molar-refractivity contribution in [3.05, 3.63) is 35.4 Å². The van der Waals surface area contributed by atoms with E-state index < -0.39 is 23.5 Å². The van der Waals surface area contributed by atoms with E-state index in [0.29, 0.717) is 29.4 Å². The van der Waals surface area contributed by atoms with E-state index in [0.717, 1.165) is 12.1 Å². The lowest BCUT2D eigenvalue weighted by Crippen LogP contribution is -2.53. The Balaban J connectivity index is 3.28. The van der Waals surface area contributed by atoms with Gasteiger partial charge in [-0.2, -0.15) is 26.3 Å². The molecule has 1 nitrogen and oxygen atoms in total. The topological polar surface area (TPSA) is 20.2 Å². The molecule has 1 aromatic carbocycles. The maximum Gasteiger partial charge on any atom is 0.430 e. The van der Waals surface area contributed by atoms with E-state index in [1.807, 2.05) is 0 Å². The summed E-state index contributed by atoms with van der Waals surface area (Å²) >= 11 is 3.10. The quantitative estimate of drug-likeness (QED) is 0.646. The zero-order valence-corrected chi connectivity index (χ0v) is 10.9. The first kappa shape index (κ1) is 16.3. The number of aliphatic hydroxyl groups is 1. The molecule has 19 heavy (non-hydrogen) atoms. The summed E-state index contributed by atoms with van der Waals surface area (Å²) < 4.78 is 75.3. The molecule has 0 aliphatic carbocycles. The van der Waals surface area contributed by atoms with Gasteiger partial charge in [-0.25, -0.2) is 0 Å². The van der Waals surface area contributed by atoms with Gasteiger partial charge in [0.25, 0.3) is 5.60 Å². The minimum atomic E-state index is -5.85. The summed E-state index contributed by atoms with van der Waals surface area (Å²) in [6, 6.07) is 3.52. The minimum absolute atomic E-state index is 0.455. The Hall–Kier alpha value is -0.760.